The van der Waals surface area contributed by atoms with Gasteiger partial charge in [-0.2, -0.15) is 0 Å². The Kier molecular flexibility index (Phi) is 4.55. The van der Waals surface area contributed by atoms with E-state index in [1.165, 1.54) is 0 Å². The van der Waals surface area contributed by atoms with E-state index in [1.54, 1.807) is 6.20 Å². The Balaban J connectivity index is 4.03. The van der Waals surface area contributed by atoms with Crippen LogP contribution in [0, 0.1) is 0 Å². The smallest absolute Gasteiger partial charge is 0.165 e. The Morgan fingerprint density at radius 1 is 1.70 bits per heavy atom. The molecule has 0 N–H and O–H groups in total. The first kappa shape index (κ1) is 9.14. The molecular formula is C7H13BN2. The van der Waals surface area contributed by atoms with Crippen LogP contribution in [0.1, 0.15) is 20.3 Å². The minimum absolute atomic E-state index is 0.854. The van der Waals surface area contributed by atoms with Gasteiger partial charge in [0.25, 0.3) is 0 Å². The molecule has 0 aliphatic heterocycles. The summed E-state index contributed by atoms with van der Waals surface area (Å²) in [6.07, 6.45) is 2.72. The van der Waals surface area contributed by atoms with Crippen LogP contribution in [-0.4, -0.2) is 20.3 Å². The second-order valence-corrected chi connectivity index (χ2v) is 2.15. The predicted octanol–water partition coefficient (Wildman–Crippen LogP) is 0.990. The maximum Gasteiger partial charge on any atom is 0.165 e. The van der Waals surface area contributed by atoms with Crippen molar-refractivity contribution < 1.29 is 0 Å². The van der Waals surface area contributed by atoms with Crippen molar-refractivity contribution in [3.05, 3.63) is 11.8 Å². The lowest BCUT2D eigenvalue weighted by Crippen LogP contribution is -1.85. The molecule has 0 aliphatic rings. The van der Waals surface area contributed by atoms with Crippen molar-refractivity contribution in [2.75, 3.05) is 0 Å². The molecule has 0 radical (unpaired) electrons. The van der Waals surface area contributed by atoms with Crippen molar-refractivity contribution in [2.24, 2.45) is 9.98 Å². The molecule has 2 nitrogen and oxygen atoms in total. The van der Waals surface area contributed by atoms with Crippen LogP contribution in [0.5, 0.6) is 0 Å². The summed E-state index contributed by atoms with van der Waals surface area (Å²) in [4.78, 5) is 7.83. The van der Waals surface area contributed by atoms with Gasteiger partial charge in [0.1, 0.15) is 0 Å². The van der Waals surface area contributed by atoms with E-state index in [1.807, 2.05) is 14.8 Å². The highest BCUT2D eigenvalue weighted by molar-refractivity contribution is 6.21. The van der Waals surface area contributed by atoms with Gasteiger partial charge in [-0.05, 0) is 20.1 Å². The van der Waals surface area contributed by atoms with Crippen LogP contribution < -0.4 is 0 Å². The van der Waals surface area contributed by atoms with Crippen LogP contribution in [0.15, 0.2) is 21.8 Å². The maximum atomic E-state index is 4.13. The molecule has 0 amide bonds. The summed E-state index contributed by atoms with van der Waals surface area (Å²) < 4.78 is 0. The molecule has 0 rings (SSSR count). The van der Waals surface area contributed by atoms with Gasteiger partial charge in [-0.3, -0.25) is 9.98 Å². The molecular weight excluding hydrogens is 123 g/mol. The first-order valence-electron chi connectivity index (χ1n) is 3.37. The summed E-state index contributed by atoms with van der Waals surface area (Å²) in [5.41, 5.74) is 1.97. The number of rotatable bonds is 3. The molecule has 0 aromatic rings. The van der Waals surface area contributed by atoms with Gasteiger partial charge in [-0.15, -0.1) is 0 Å². The highest BCUT2D eigenvalue weighted by Crippen LogP contribution is 1.90. The summed E-state index contributed by atoms with van der Waals surface area (Å²) in [6.45, 7) is 7.44. The minimum Gasteiger partial charge on any atom is -0.278 e. The lowest BCUT2D eigenvalue weighted by molar-refractivity contribution is 1.25. The summed E-state index contributed by atoms with van der Waals surface area (Å²) in [7, 11) is 1.87. The van der Waals surface area contributed by atoms with Crippen LogP contribution >= 0.6 is 0 Å². The van der Waals surface area contributed by atoms with Crippen LogP contribution in [0.4, 0.5) is 0 Å². The van der Waals surface area contributed by atoms with E-state index < -0.39 is 0 Å². The third-order valence-corrected chi connectivity index (χ3v) is 1.23. The zero-order valence-corrected chi connectivity index (χ0v) is 6.89. The minimum atomic E-state index is 0.854. The maximum absolute atomic E-state index is 4.13. The second-order valence-electron chi connectivity index (χ2n) is 2.15. The predicted molar refractivity (Wildman–Crippen MR) is 49.6 cm³/mol. The molecule has 0 unspecified atom stereocenters. The van der Waals surface area contributed by atoms with Gasteiger partial charge in [-0.1, -0.05) is 6.92 Å². The van der Waals surface area contributed by atoms with E-state index >= 15 is 0 Å². The Morgan fingerprint density at radius 3 is 2.70 bits per heavy atom. The molecule has 10 heavy (non-hydrogen) atoms. The number of nitrogens with zero attached hydrogens (tertiary/aromatic N) is 2. The first-order chi connectivity index (χ1) is 4.70. The number of hydrogen-bond acceptors (Lipinski definition) is 2. The number of aliphatic imine (C=N–C) groups is 2. The fourth-order valence-electron chi connectivity index (χ4n) is 0.336. The van der Waals surface area contributed by atoms with E-state index in [0.717, 1.165) is 17.7 Å². The molecule has 0 atom stereocenters. The van der Waals surface area contributed by atoms with Gasteiger partial charge >= 0.3 is 0 Å². The third kappa shape index (κ3) is 4.07. The highest BCUT2D eigenvalue weighted by Gasteiger charge is 1.81. The summed E-state index contributed by atoms with van der Waals surface area (Å²) in [5, 5.41) is 0. The van der Waals surface area contributed by atoms with Gasteiger partial charge < -0.3 is 0 Å². The molecule has 0 fully saturated rings. The molecule has 0 aromatic carbocycles. The van der Waals surface area contributed by atoms with E-state index in [0.29, 0.717) is 0 Å². The highest BCUT2D eigenvalue weighted by atomic mass is 14.8. The van der Waals surface area contributed by atoms with Crippen LogP contribution in [0.2, 0.25) is 0 Å². The van der Waals surface area contributed by atoms with E-state index in [2.05, 4.69) is 23.6 Å². The summed E-state index contributed by atoms with van der Waals surface area (Å²) in [5.74, 6) is 0. The van der Waals surface area contributed by atoms with Gasteiger partial charge in [0.05, 0.1) is 0 Å². The standard InChI is InChI=1S/C7H13BN2/c1-4-6(2)10-5-7(8)9-3/h5H,3-4,8H2,1-2H3/b7-5-,10-6+. The van der Waals surface area contributed by atoms with Gasteiger partial charge in [-0.25, -0.2) is 0 Å². The summed E-state index contributed by atoms with van der Waals surface area (Å²) in [6, 6.07) is 0. The fraction of sp³-hybridized carbons (Fsp3) is 0.429. The van der Waals surface area contributed by atoms with Gasteiger partial charge in [0.15, 0.2) is 7.85 Å². The summed E-state index contributed by atoms with van der Waals surface area (Å²) >= 11 is 0. The largest absolute Gasteiger partial charge is 0.278 e. The zero-order valence-electron chi connectivity index (χ0n) is 6.89. The SMILES string of the molecule is B/C(=C/N=C(\C)CC)N=C. The second kappa shape index (κ2) is 4.97. The lowest BCUT2D eigenvalue weighted by Gasteiger charge is -1.89. The third-order valence-electron chi connectivity index (χ3n) is 1.23. The van der Waals surface area contributed by atoms with Crippen LogP contribution in [-0.2, 0) is 0 Å². The molecule has 0 heterocycles. The van der Waals surface area contributed by atoms with Crippen molar-refractivity contribution in [3.8, 4) is 0 Å². The molecule has 0 aliphatic carbocycles. The molecule has 0 spiro atoms. The van der Waals surface area contributed by atoms with E-state index in [-0.39, 0.29) is 0 Å². The van der Waals surface area contributed by atoms with E-state index in [4.69, 9.17) is 0 Å². The normalized spacial score (nSPS) is 13.4. The molecule has 3 heteroatoms. The molecule has 0 bridgehead atoms. The van der Waals surface area contributed by atoms with Crippen molar-refractivity contribution in [1.29, 1.82) is 0 Å². The van der Waals surface area contributed by atoms with Crippen molar-refractivity contribution in [1.82, 2.24) is 0 Å². The Hall–Kier alpha value is -0.855. The Bertz CT molecular complexity index is 170. The molecule has 54 valence electrons. The molecule has 0 saturated heterocycles. The zero-order chi connectivity index (χ0) is 7.98. The van der Waals surface area contributed by atoms with E-state index in [9.17, 15) is 0 Å². The lowest BCUT2D eigenvalue weighted by atomic mass is 10.1. The Morgan fingerprint density at radius 2 is 2.30 bits per heavy atom. The monoisotopic (exact) mass is 136 g/mol. The van der Waals surface area contributed by atoms with Crippen molar-refractivity contribution in [3.63, 3.8) is 0 Å². The van der Waals surface area contributed by atoms with Gasteiger partial charge in [0.2, 0.25) is 0 Å². The van der Waals surface area contributed by atoms with Crippen molar-refractivity contribution >= 4 is 20.3 Å². The molecule has 0 aromatic heterocycles. The number of hydrogen-bond donors (Lipinski definition) is 0. The topological polar surface area (TPSA) is 24.7 Å². The van der Waals surface area contributed by atoms with Crippen LogP contribution in [0.25, 0.3) is 0 Å². The fourth-order valence-corrected chi connectivity index (χ4v) is 0.336. The first-order valence-corrected chi connectivity index (χ1v) is 3.37. The quantitative estimate of drug-likeness (QED) is 0.408. The molecule has 0 saturated carbocycles. The average Bonchev–Trinajstić information content (AvgIpc) is 1.99. The van der Waals surface area contributed by atoms with Gasteiger partial charge in [0, 0.05) is 17.5 Å². The average molecular weight is 136 g/mol. The Labute approximate surface area is 63.2 Å². The van der Waals surface area contributed by atoms with Crippen molar-refractivity contribution in [2.45, 2.75) is 20.3 Å². The van der Waals surface area contributed by atoms with Crippen LogP contribution in [0.3, 0.4) is 0 Å².